The minimum absolute atomic E-state index is 0.00555. The third-order valence-corrected chi connectivity index (χ3v) is 17.8. The Balaban J connectivity index is 0.872. The Morgan fingerprint density at radius 1 is 0.865 bits per heavy atom. The summed E-state index contributed by atoms with van der Waals surface area (Å²) >= 11 is 0. The fourth-order valence-corrected chi connectivity index (χ4v) is 12.7. The largest absolute Gasteiger partial charge is 0.507 e. The lowest BCUT2D eigenvalue weighted by Crippen LogP contribution is -2.51. The van der Waals surface area contributed by atoms with E-state index in [2.05, 4.69) is 42.0 Å². The second-order valence-corrected chi connectivity index (χ2v) is 26.0. The molecule has 96 heavy (non-hydrogen) atoms. The van der Waals surface area contributed by atoms with Gasteiger partial charge in [-0.3, -0.25) is 48.1 Å². The molecule has 0 saturated carbocycles. The van der Waals surface area contributed by atoms with Crippen LogP contribution in [-0.4, -0.2) is 130 Å². The Kier molecular flexibility index (Phi) is 22.0. The number of allylic oxidation sites excluding steroid dienone is 4. The molecule has 7 amide bonds. The number of imide groups is 1. The van der Waals surface area contributed by atoms with Gasteiger partial charge >= 0.3 is 17.8 Å². The molecule has 0 aliphatic carbocycles. The molecule has 9 rings (SSSR count). The number of aliphatic hydroxyl groups excluding tert-OH is 1. The van der Waals surface area contributed by atoms with Crippen LogP contribution >= 0.6 is 0 Å². The molecule has 4 aromatic carbocycles. The predicted octanol–water partition coefficient (Wildman–Crippen LogP) is 8.13. The van der Waals surface area contributed by atoms with Gasteiger partial charge in [-0.15, -0.1) is 0 Å². The third kappa shape index (κ3) is 16.0. The van der Waals surface area contributed by atoms with Crippen LogP contribution in [0.5, 0.6) is 11.5 Å². The van der Waals surface area contributed by atoms with E-state index in [4.69, 9.17) is 28.3 Å². The van der Waals surface area contributed by atoms with E-state index >= 15 is 4.79 Å². The highest BCUT2D eigenvalue weighted by Crippen LogP contribution is 2.42. The fourth-order valence-electron chi connectivity index (χ4n) is 12.7. The fraction of sp³-hybridized carbons (Fsp3) is 0.451. The number of hydrogen-bond acceptors (Lipinski definition) is 19. The number of fused-ring (bicyclic) bond motifs is 2. The van der Waals surface area contributed by atoms with Crippen LogP contribution < -0.4 is 47.0 Å². The van der Waals surface area contributed by atoms with E-state index < -0.39 is 75.8 Å². The average Bonchev–Trinajstić information content (AvgIpc) is 1.31. The van der Waals surface area contributed by atoms with Gasteiger partial charge in [0.1, 0.15) is 41.5 Å². The van der Waals surface area contributed by atoms with Crippen molar-refractivity contribution in [3.63, 3.8) is 0 Å². The number of nitrogens with zero attached hydrogens (tertiary/aromatic N) is 4. The maximum absolute atomic E-state index is 15.0. The molecule has 1 aromatic heterocycles. The van der Waals surface area contributed by atoms with E-state index in [1.165, 1.54) is 50.2 Å². The molecule has 5 heterocycles. The number of carbonyl (C=O) groups is 8. The highest BCUT2D eigenvalue weighted by atomic mass is 16.7. The van der Waals surface area contributed by atoms with Crippen molar-refractivity contribution in [1.82, 2.24) is 25.4 Å². The van der Waals surface area contributed by atoms with Gasteiger partial charge in [-0.25, -0.2) is 9.78 Å². The van der Waals surface area contributed by atoms with Crippen molar-refractivity contribution < 1.29 is 71.9 Å². The minimum atomic E-state index is -1.92. The Labute approximate surface area is 554 Å². The number of esters is 1. The van der Waals surface area contributed by atoms with E-state index in [0.717, 1.165) is 17.7 Å². The lowest BCUT2D eigenvalue weighted by Gasteiger charge is -2.35. The van der Waals surface area contributed by atoms with Gasteiger partial charge in [-0.05, 0) is 99.3 Å². The standard InChI is InChI=1S/C71H84N8O17/c1-38(2)58(74-51(82)19-12-11-13-26-79-53(84)24-25-54(79)85)69(90)72-36-52(83)73-47-22-20-46(21-23-47)37-92-70(91)78-29-27-77(28-30-78)48-34-49(81)59-50(35-48)95-66-60(75-59)55-56-62(86)44(8)65-57(55)67(88)71(10,96-65)93-31-15-18-41(5)64(94-45(9)80)43(7)33-40(4)32-39(3)16-14-17-42(6)68(89)76-61(66)63(56)87/h14-17,20-25,31,34-35,38-41,43,58,64,86,88H,11-13,18-19,26-30,32-33,36-37H2,1-10H3,(H,72,90)(H,73,83)(H,74,82)(H,76,89)/b16-14+,31-15+,42-17-/t39-,40+,41+,43+,58?,64+,71-/m0/s1. The van der Waals surface area contributed by atoms with E-state index in [-0.39, 0.29) is 155 Å². The van der Waals surface area contributed by atoms with Gasteiger partial charge < -0.3 is 64.6 Å². The number of rotatable bonds is 16. The number of aromatic hydroxyl groups is 1. The van der Waals surface area contributed by atoms with Crippen molar-refractivity contribution in [3.05, 3.63) is 121 Å². The van der Waals surface area contributed by atoms with Crippen molar-refractivity contribution >= 4 is 103 Å². The monoisotopic (exact) mass is 1320 g/mol. The zero-order valence-electron chi connectivity index (χ0n) is 55.8. The van der Waals surface area contributed by atoms with E-state index in [1.807, 2.05) is 17.9 Å². The first-order chi connectivity index (χ1) is 45.6. The Morgan fingerprint density at radius 2 is 1.57 bits per heavy atom. The number of amides is 7. The number of phenols is 1. The van der Waals surface area contributed by atoms with Gasteiger partial charge in [0.15, 0.2) is 22.4 Å². The summed E-state index contributed by atoms with van der Waals surface area (Å²) < 4.78 is 30.6. The van der Waals surface area contributed by atoms with Crippen molar-refractivity contribution in [3.8, 4) is 11.5 Å². The summed E-state index contributed by atoms with van der Waals surface area (Å²) in [5, 5.41) is 34.4. The minimum Gasteiger partial charge on any atom is -0.507 e. The van der Waals surface area contributed by atoms with Gasteiger partial charge in [0.25, 0.3) is 17.7 Å². The van der Waals surface area contributed by atoms with Gasteiger partial charge in [0.2, 0.25) is 28.6 Å². The molecule has 7 atom stereocenters. The van der Waals surface area contributed by atoms with Crippen molar-refractivity contribution in [2.75, 3.05) is 54.8 Å². The number of hydrogen-bond donors (Lipinski definition) is 6. The number of aromatic nitrogens is 1. The predicted molar refractivity (Wildman–Crippen MR) is 359 cm³/mol. The zero-order chi connectivity index (χ0) is 69.4. The Morgan fingerprint density at radius 3 is 2.26 bits per heavy atom. The molecular formula is C71H84N8O17. The van der Waals surface area contributed by atoms with Crippen LogP contribution in [-0.2, 0) is 54.4 Å². The van der Waals surface area contributed by atoms with Crippen molar-refractivity contribution in [2.24, 2.45) is 29.6 Å². The molecule has 4 aliphatic heterocycles. The smallest absolute Gasteiger partial charge is 0.410 e. The van der Waals surface area contributed by atoms with Gasteiger partial charge in [0, 0.05) is 105 Å². The molecule has 0 radical (unpaired) electrons. The molecule has 25 nitrogen and oxygen atoms in total. The van der Waals surface area contributed by atoms with Crippen LogP contribution in [0.3, 0.4) is 0 Å². The molecule has 1 unspecified atom stereocenters. The summed E-state index contributed by atoms with van der Waals surface area (Å²) in [5.41, 5.74) is -0.823. The summed E-state index contributed by atoms with van der Waals surface area (Å²) in [6.07, 6.45) is 13.7. The molecule has 6 N–H and O–H groups in total. The second kappa shape index (κ2) is 30.1. The molecule has 510 valence electrons. The van der Waals surface area contributed by atoms with Gasteiger partial charge in [-0.1, -0.05) is 78.3 Å². The van der Waals surface area contributed by atoms with Gasteiger partial charge in [-0.2, -0.15) is 0 Å². The summed E-state index contributed by atoms with van der Waals surface area (Å²) in [6, 6.07) is 8.60. The third-order valence-electron chi connectivity index (χ3n) is 17.8. The topological polar surface area (TPSA) is 332 Å². The highest BCUT2D eigenvalue weighted by Gasteiger charge is 2.44. The maximum atomic E-state index is 15.0. The Hall–Kier alpha value is -10.1. The summed E-state index contributed by atoms with van der Waals surface area (Å²) in [7, 11) is 0. The lowest BCUT2D eigenvalue weighted by atomic mass is 9.82. The quantitative estimate of drug-likeness (QED) is 0.0178. The molecule has 25 heteroatoms. The lowest BCUT2D eigenvalue weighted by molar-refractivity contribution is -0.152. The average molecular weight is 1320 g/mol. The first kappa shape index (κ1) is 70.3. The number of piperazine rings is 1. The van der Waals surface area contributed by atoms with Gasteiger partial charge in [0.05, 0.1) is 23.4 Å². The van der Waals surface area contributed by atoms with Crippen LogP contribution in [0.4, 0.5) is 21.9 Å². The zero-order valence-corrected chi connectivity index (χ0v) is 55.8. The molecule has 1 saturated heterocycles. The summed E-state index contributed by atoms with van der Waals surface area (Å²) in [6.45, 7) is 18.4. The molecule has 1 fully saturated rings. The first-order valence-corrected chi connectivity index (χ1v) is 32.5. The normalized spacial score (nSPS) is 22.6. The van der Waals surface area contributed by atoms with Crippen molar-refractivity contribution in [1.29, 1.82) is 0 Å². The number of nitrogens with one attached hydrogen (secondary N) is 4. The Bertz CT molecular complexity index is 4190. The number of unbranched alkanes of at least 4 members (excludes halogenated alkanes) is 2. The van der Waals surface area contributed by atoms with Crippen molar-refractivity contribution in [2.45, 2.75) is 139 Å². The van der Waals surface area contributed by atoms with E-state index in [1.54, 1.807) is 69.3 Å². The summed E-state index contributed by atoms with van der Waals surface area (Å²) in [4.78, 5) is 141. The number of anilines is 3. The molecule has 4 bridgehead atoms. The van der Waals surface area contributed by atoms with Crippen LogP contribution in [0.15, 0.2) is 98.7 Å². The number of ether oxygens (including phenoxy) is 4. The molecule has 5 aromatic rings. The molecule has 0 spiro atoms. The first-order valence-electron chi connectivity index (χ1n) is 32.5. The number of phenolic OH excluding ortho intramolecular Hbond substituents is 1. The number of carbonyl (C=O) groups excluding carboxylic acids is 8. The van der Waals surface area contributed by atoms with Crippen LogP contribution in [0, 0.1) is 36.5 Å². The second-order valence-electron chi connectivity index (χ2n) is 26.0. The maximum Gasteiger partial charge on any atom is 0.410 e. The van der Waals surface area contributed by atoms with E-state index in [0.29, 0.717) is 42.6 Å². The van der Waals surface area contributed by atoms with Crippen LogP contribution in [0.1, 0.15) is 118 Å². The summed E-state index contributed by atoms with van der Waals surface area (Å²) in [5.74, 6) is -6.27. The highest BCUT2D eigenvalue weighted by molar-refractivity contribution is 6.17. The number of aliphatic hydroxyl groups is 1. The van der Waals surface area contributed by atoms with Crippen LogP contribution in [0.25, 0.3) is 38.7 Å². The molecular weight excluding hydrogens is 1240 g/mol. The number of benzene rings is 4. The van der Waals surface area contributed by atoms with Crippen LogP contribution in [0.2, 0.25) is 0 Å². The molecule has 4 aliphatic rings. The SMILES string of the molecule is CC(=O)O[C@@H]1[C@H](C)C/C=C/O[C@@]2(C)Oc3c(C)c(O)c4c(=O)c(c5oc6cc(N7CCN(C(=O)OCc8ccc(NC(=O)CNC(=O)C(NC(=O)CCCCCN9C(=O)C=CC9=O)C(C)C)cc8)CC7)cc(=O)c6nc5c4c3=C2O)NC(=O)/C(C)=C\C=C\[C@H](C)C[C@@H](C)C[C@H]1C. The van der Waals surface area contributed by atoms with E-state index in [9.17, 15) is 53.4 Å².